The third-order valence-corrected chi connectivity index (χ3v) is 7.26. The number of benzene rings is 3. The molecule has 2 aliphatic rings. The largest absolute Gasteiger partial charge is 0.356 e. The van der Waals surface area contributed by atoms with Gasteiger partial charge in [0.1, 0.15) is 6.04 Å². The van der Waals surface area contributed by atoms with Gasteiger partial charge in [-0.1, -0.05) is 60.7 Å². The molecule has 2 atom stereocenters. The maximum atomic E-state index is 13.7. The molecule has 7 heteroatoms. The molecule has 3 heterocycles. The maximum absolute atomic E-state index is 13.7. The Labute approximate surface area is 208 Å². The highest BCUT2D eigenvalue weighted by atomic mass is 16.2. The van der Waals surface area contributed by atoms with E-state index in [0.717, 1.165) is 27.7 Å². The number of carbonyl (C=O) groups is 3. The first-order valence-electron chi connectivity index (χ1n) is 12.2. The summed E-state index contributed by atoms with van der Waals surface area (Å²) in [6.45, 7) is 2.39. The highest BCUT2D eigenvalue weighted by molar-refractivity contribution is 6.24. The molecule has 4 amide bonds. The van der Waals surface area contributed by atoms with Crippen LogP contribution in [-0.2, 0) is 17.6 Å². The Kier molecular flexibility index (Phi) is 5.33. The van der Waals surface area contributed by atoms with Crippen LogP contribution in [0.5, 0.6) is 0 Å². The Morgan fingerprint density at radius 2 is 1.69 bits per heavy atom. The van der Waals surface area contributed by atoms with Crippen molar-refractivity contribution in [2.45, 2.75) is 31.8 Å². The minimum absolute atomic E-state index is 0.292. The first-order chi connectivity index (χ1) is 17.5. The summed E-state index contributed by atoms with van der Waals surface area (Å²) in [5.41, 5.74) is 4.79. The third-order valence-electron chi connectivity index (χ3n) is 7.26. The Morgan fingerprint density at radius 1 is 0.972 bits per heavy atom. The minimum atomic E-state index is -0.603. The fraction of sp³-hybridized carbons (Fsp3) is 0.207. The standard InChI is InChI=1S/C29H26N4O3/c1-18-26-22(20-11-5-7-13-23(20)31-26)17-25-28(35)33(29(36)32(18)25)24-14-8-6-12-21(24)27(34)30-16-15-19-9-3-2-4-10-19/h2-14,18,25,31H,15-17H2,1H3,(H,30,34). The van der Waals surface area contributed by atoms with Crippen molar-refractivity contribution in [2.75, 3.05) is 11.4 Å². The van der Waals surface area contributed by atoms with Crippen LogP contribution in [0.25, 0.3) is 10.9 Å². The molecule has 7 nitrogen and oxygen atoms in total. The van der Waals surface area contributed by atoms with Crippen LogP contribution < -0.4 is 10.2 Å². The molecule has 1 aromatic heterocycles. The number of hydrogen-bond donors (Lipinski definition) is 2. The first-order valence-corrected chi connectivity index (χ1v) is 12.2. The van der Waals surface area contributed by atoms with Crippen LogP contribution in [0.3, 0.4) is 0 Å². The molecule has 0 bridgehead atoms. The second kappa shape index (κ2) is 8.68. The second-order valence-electron chi connectivity index (χ2n) is 9.33. The van der Waals surface area contributed by atoms with Crippen molar-refractivity contribution in [2.24, 2.45) is 0 Å². The van der Waals surface area contributed by atoms with Crippen molar-refractivity contribution in [1.82, 2.24) is 15.2 Å². The summed E-state index contributed by atoms with van der Waals surface area (Å²) in [6, 6.07) is 23.4. The van der Waals surface area contributed by atoms with Crippen molar-refractivity contribution in [1.29, 1.82) is 0 Å². The summed E-state index contributed by atoms with van der Waals surface area (Å²) in [5, 5.41) is 4.02. The predicted octanol–water partition coefficient (Wildman–Crippen LogP) is 4.59. The van der Waals surface area contributed by atoms with E-state index in [9.17, 15) is 14.4 Å². The zero-order valence-electron chi connectivity index (χ0n) is 19.9. The van der Waals surface area contributed by atoms with Gasteiger partial charge < -0.3 is 15.2 Å². The van der Waals surface area contributed by atoms with Gasteiger partial charge in [-0.25, -0.2) is 9.69 Å². The number of H-pyrrole nitrogens is 1. The fourth-order valence-electron chi connectivity index (χ4n) is 5.50. The number of nitrogens with one attached hydrogen (secondary N) is 2. The normalized spacial score (nSPS) is 18.9. The zero-order chi connectivity index (χ0) is 24.8. The molecule has 36 heavy (non-hydrogen) atoms. The molecule has 3 aromatic carbocycles. The summed E-state index contributed by atoms with van der Waals surface area (Å²) in [5.74, 6) is -0.608. The number of para-hydroxylation sites is 2. The SMILES string of the molecule is CC1c2[nH]c3ccccc3c2CC2C(=O)N(c3ccccc3C(=O)NCCc3ccccc3)C(=O)N21. The molecule has 4 aromatic rings. The number of aromatic nitrogens is 1. The average molecular weight is 479 g/mol. The summed E-state index contributed by atoms with van der Waals surface area (Å²) in [6.07, 6.45) is 1.13. The highest BCUT2D eigenvalue weighted by Gasteiger charge is 2.52. The number of amides is 4. The van der Waals surface area contributed by atoms with Crippen molar-refractivity contribution in [3.05, 3.63) is 101 Å². The van der Waals surface area contributed by atoms with Crippen LogP contribution in [0.4, 0.5) is 10.5 Å². The smallest absolute Gasteiger partial charge is 0.332 e. The molecule has 2 unspecified atom stereocenters. The number of fused-ring (bicyclic) bond motifs is 4. The molecule has 0 spiro atoms. The topological polar surface area (TPSA) is 85.5 Å². The van der Waals surface area contributed by atoms with Gasteiger partial charge in [-0.05, 0) is 42.7 Å². The van der Waals surface area contributed by atoms with Gasteiger partial charge in [-0.3, -0.25) is 9.59 Å². The van der Waals surface area contributed by atoms with Gasteiger partial charge in [-0.15, -0.1) is 0 Å². The Morgan fingerprint density at radius 3 is 2.53 bits per heavy atom. The number of imide groups is 1. The van der Waals surface area contributed by atoms with Crippen molar-refractivity contribution in [3.8, 4) is 0 Å². The Hall–Kier alpha value is -4.39. The average Bonchev–Trinajstić information content (AvgIpc) is 3.40. The summed E-state index contributed by atoms with van der Waals surface area (Å²) < 4.78 is 0. The Bertz CT molecular complexity index is 1490. The van der Waals surface area contributed by atoms with Crippen LogP contribution in [0.1, 0.15) is 40.1 Å². The molecule has 2 aliphatic heterocycles. The van der Waals surface area contributed by atoms with E-state index in [0.29, 0.717) is 30.6 Å². The highest BCUT2D eigenvalue weighted by Crippen LogP contribution is 2.42. The number of rotatable bonds is 5. The lowest BCUT2D eigenvalue weighted by molar-refractivity contribution is -0.120. The lowest BCUT2D eigenvalue weighted by Crippen LogP contribution is -2.42. The molecule has 0 radical (unpaired) electrons. The van der Waals surface area contributed by atoms with Crippen LogP contribution in [0, 0.1) is 0 Å². The van der Waals surface area contributed by atoms with Crippen LogP contribution >= 0.6 is 0 Å². The van der Waals surface area contributed by atoms with Gasteiger partial charge in [-0.2, -0.15) is 0 Å². The maximum Gasteiger partial charge on any atom is 0.332 e. The fourth-order valence-corrected chi connectivity index (χ4v) is 5.50. The number of aromatic amines is 1. The predicted molar refractivity (Wildman–Crippen MR) is 138 cm³/mol. The van der Waals surface area contributed by atoms with Gasteiger partial charge in [0.25, 0.3) is 11.8 Å². The first kappa shape index (κ1) is 22.1. The van der Waals surface area contributed by atoms with E-state index >= 15 is 0 Å². The molecule has 0 saturated carbocycles. The number of anilines is 1. The molecule has 0 aliphatic carbocycles. The molecular weight excluding hydrogens is 452 g/mol. The summed E-state index contributed by atoms with van der Waals surface area (Å²) in [4.78, 5) is 46.7. The Balaban J connectivity index is 1.27. The summed E-state index contributed by atoms with van der Waals surface area (Å²) in [7, 11) is 0. The van der Waals surface area contributed by atoms with E-state index in [1.165, 1.54) is 4.90 Å². The molecule has 6 rings (SSSR count). The summed E-state index contributed by atoms with van der Waals surface area (Å²) >= 11 is 0. The van der Waals surface area contributed by atoms with Crippen molar-refractivity contribution in [3.63, 3.8) is 0 Å². The lowest BCUT2D eigenvalue weighted by atomic mass is 9.93. The van der Waals surface area contributed by atoms with E-state index in [4.69, 9.17) is 0 Å². The van der Waals surface area contributed by atoms with Gasteiger partial charge in [0, 0.05) is 29.6 Å². The van der Waals surface area contributed by atoms with E-state index in [1.807, 2.05) is 61.5 Å². The van der Waals surface area contributed by atoms with Crippen LogP contribution in [0.15, 0.2) is 78.9 Å². The van der Waals surface area contributed by atoms with Gasteiger partial charge in [0.15, 0.2) is 0 Å². The van der Waals surface area contributed by atoms with Gasteiger partial charge >= 0.3 is 6.03 Å². The lowest BCUT2D eigenvalue weighted by Gasteiger charge is -2.33. The molecule has 1 fully saturated rings. The second-order valence-corrected chi connectivity index (χ2v) is 9.33. The van der Waals surface area contributed by atoms with Gasteiger partial charge in [0.05, 0.1) is 17.3 Å². The van der Waals surface area contributed by atoms with Crippen LogP contribution in [-0.4, -0.2) is 40.3 Å². The third kappa shape index (κ3) is 3.47. The minimum Gasteiger partial charge on any atom is -0.356 e. The quantitative estimate of drug-likeness (QED) is 0.411. The van der Waals surface area contributed by atoms with Crippen LogP contribution in [0.2, 0.25) is 0 Å². The van der Waals surface area contributed by atoms with Crippen molar-refractivity contribution >= 4 is 34.4 Å². The molecule has 2 N–H and O–H groups in total. The number of carbonyl (C=O) groups excluding carboxylic acids is 3. The van der Waals surface area contributed by atoms with E-state index in [1.54, 1.807) is 29.2 Å². The molecular formula is C29H26N4O3. The zero-order valence-corrected chi connectivity index (χ0v) is 19.9. The van der Waals surface area contributed by atoms with E-state index in [2.05, 4.69) is 10.3 Å². The van der Waals surface area contributed by atoms with E-state index in [-0.39, 0.29) is 17.9 Å². The van der Waals surface area contributed by atoms with E-state index < -0.39 is 12.1 Å². The number of hydrogen-bond acceptors (Lipinski definition) is 3. The molecule has 180 valence electrons. The molecule has 1 saturated heterocycles. The van der Waals surface area contributed by atoms with Crippen molar-refractivity contribution < 1.29 is 14.4 Å². The number of nitrogens with zero attached hydrogens (tertiary/aromatic N) is 2. The van der Waals surface area contributed by atoms with Gasteiger partial charge in [0.2, 0.25) is 0 Å². The monoisotopic (exact) mass is 478 g/mol. The number of urea groups is 1.